The summed E-state index contributed by atoms with van der Waals surface area (Å²) in [5.41, 5.74) is 6.10. The maximum absolute atomic E-state index is 12.8. The van der Waals surface area contributed by atoms with Gasteiger partial charge in [-0.3, -0.25) is 14.4 Å². The van der Waals surface area contributed by atoms with Crippen molar-refractivity contribution in [2.75, 3.05) is 10.6 Å². The van der Waals surface area contributed by atoms with Gasteiger partial charge in [-0.15, -0.1) is 0 Å². The van der Waals surface area contributed by atoms with Crippen molar-refractivity contribution in [2.24, 2.45) is 5.10 Å². The summed E-state index contributed by atoms with van der Waals surface area (Å²) in [6, 6.07) is 32.1. The number of hydrogen-bond donors (Lipinski definition) is 3. The Morgan fingerprint density at radius 2 is 1.41 bits per heavy atom. The van der Waals surface area contributed by atoms with Gasteiger partial charge >= 0.3 is 11.8 Å². The average Bonchev–Trinajstić information content (AvgIpc) is 3.43. The molecule has 0 spiro atoms. The minimum Gasteiger partial charge on any atom is -0.322 e. The smallest absolute Gasteiger partial charge is 0.322 e. The van der Waals surface area contributed by atoms with Crippen LogP contribution in [-0.4, -0.2) is 33.7 Å². The van der Waals surface area contributed by atoms with Crippen LogP contribution in [0.1, 0.15) is 15.9 Å². The number of halogens is 1. The Bertz CT molecular complexity index is 1720. The van der Waals surface area contributed by atoms with Crippen molar-refractivity contribution in [3.8, 4) is 16.9 Å². The molecule has 0 saturated heterocycles. The Hall–Kier alpha value is -5.54. The fraction of sp³-hybridized carbons (Fsp3) is 0. The van der Waals surface area contributed by atoms with E-state index in [2.05, 4.69) is 26.3 Å². The maximum Gasteiger partial charge on any atom is 0.329 e. The molecular formula is C31H23ClN6O3. The molecule has 1 heterocycles. The summed E-state index contributed by atoms with van der Waals surface area (Å²) in [5.74, 6) is -2.46. The number of nitrogens with zero attached hydrogens (tertiary/aromatic N) is 3. The SMILES string of the molecule is O=C(NN=Cc1cn(-c2ccccc2)nc1-c1ccccc1)C(=O)Nc1ccccc1C(=O)Nc1ccc(Cl)cc1. The van der Waals surface area contributed by atoms with E-state index in [1.807, 2.05) is 60.7 Å². The predicted molar refractivity (Wildman–Crippen MR) is 159 cm³/mol. The van der Waals surface area contributed by atoms with E-state index in [0.717, 1.165) is 11.3 Å². The lowest BCUT2D eigenvalue weighted by atomic mass is 10.1. The molecule has 202 valence electrons. The number of rotatable bonds is 7. The second-order valence-corrected chi connectivity index (χ2v) is 9.18. The molecule has 10 heteroatoms. The van der Waals surface area contributed by atoms with E-state index in [0.29, 0.717) is 22.0 Å². The molecule has 41 heavy (non-hydrogen) atoms. The molecule has 5 aromatic rings. The Labute approximate surface area is 240 Å². The Morgan fingerprint density at radius 1 is 0.756 bits per heavy atom. The molecule has 0 saturated carbocycles. The highest BCUT2D eigenvalue weighted by molar-refractivity contribution is 6.40. The number of hydrazone groups is 1. The molecule has 0 bridgehead atoms. The monoisotopic (exact) mass is 562 g/mol. The van der Waals surface area contributed by atoms with Gasteiger partial charge in [0.15, 0.2) is 0 Å². The maximum atomic E-state index is 12.8. The van der Waals surface area contributed by atoms with Crippen molar-refractivity contribution < 1.29 is 14.4 Å². The zero-order chi connectivity index (χ0) is 28.6. The Morgan fingerprint density at radius 3 is 2.15 bits per heavy atom. The van der Waals surface area contributed by atoms with E-state index in [4.69, 9.17) is 11.6 Å². The van der Waals surface area contributed by atoms with Gasteiger partial charge in [0.05, 0.1) is 23.2 Å². The van der Waals surface area contributed by atoms with Crippen molar-refractivity contribution in [1.82, 2.24) is 15.2 Å². The highest BCUT2D eigenvalue weighted by atomic mass is 35.5. The first-order valence-electron chi connectivity index (χ1n) is 12.5. The van der Waals surface area contributed by atoms with Crippen molar-refractivity contribution in [2.45, 2.75) is 0 Å². The van der Waals surface area contributed by atoms with E-state index in [1.54, 1.807) is 47.3 Å². The number of hydrogen-bond acceptors (Lipinski definition) is 5. The molecule has 4 aromatic carbocycles. The Balaban J connectivity index is 1.28. The topological polar surface area (TPSA) is 117 Å². The van der Waals surface area contributed by atoms with Crippen molar-refractivity contribution >= 4 is 46.9 Å². The van der Waals surface area contributed by atoms with Crippen LogP contribution < -0.4 is 16.1 Å². The molecule has 0 unspecified atom stereocenters. The number of aromatic nitrogens is 2. The molecular weight excluding hydrogens is 540 g/mol. The van der Waals surface area contributed by atoms with Crippen LogP contribution in [0.3, 0.4) is 0 Å². The van der Waals surface area contributed by atoms with Crippen LogP contribution in [0.2, 0.25) is 5.02 Å². The molecule has 0 aliphatic rings. The highest BCUT2D eigenvalue weighted by Crippen LogP contribution is 2.23. The van der Waals surface area contributed by atoms with Crippen molar-refractivity contribution in [1.29, 1.82) is 0 Å². The third-order valence-electron chi connectivity index (χ3n) is 5.91. The standard InChI is InChI=1S/C31H23ClN6O3/c32-23-15-17-24(18-16-23)34-29(39)26-13-7-8-14-27(26)35-30(40)31(41)36-33-19-22-20-38(25-11-5-2-6-12-25)37-28(22)21-9-3-1-4-10-21/h1-20H,(H,34,39)(H,35,40)(H,36,41). The number of carbonyl (C=O) groups is 3. The fourth-order valence-corrected chi connectivity index (χ4v) is 4.05. The molecule has 0 radical (unpaired) electrons. The molecule has 3 N–H and O–H groups in total. The molecule has 0 aliphatic heterocycles. The zero-order valence-electron chi connectivity index (χ0n) is 21.5. The van der Waals surface area contributed by atoms with Gasteiger partial charge in [0.2, 0.25) is 0 Å². The van der Waals surface area contributed by atoms with Gasteiger partial charge in [0, 0.05) is 28.0 Å². The van der Waals surface area contributed by atoms with Crippen LogP contribution in [0.4, 0.5) is 11.4 Å². The number of nitrogens with one attached hydrogen (secondary N) is 3. The zero-order valence-corrected chi connectivity index (χ0v) is 22.2. The van der Waals surface area contributed by atoms with Gasteiger partial charge in [-0.25, -0.2) is 10.1 Å². The summed E-state index contributed by atoms with van der Waals surface area (Å²) in [6.45, 7) is 0. The summed E-state index contributed by atoms with van der Waals surface area (Å²) >= 11 is 5.90. The van der Waals surface area contributed by atoms with E-state index < -0.39 is 17.7 Å². The summed E-state index contributed by atoms with van der Waals surface area (Å²) in [6.07, 6.45) is 3.20. The molecule has 3 amide bonds. The number of carbonyl (C=O) groups excluding carboxylic acids is 3. The van der Waals surface area contributed by atoms with Crippen LogP contribution in [0, 0.1) is 0 Å². The van der Waals surface area contributed by atoms with Gasteiger partial charge in [0.1, 0.15) is 5.69 Å². The van der Waals surface area contributed by atoms with Crippen LogP contribution in [-0.2, 0) is 9.59 Å². The lowest BCUT2D eigenvalue weighted by Gasteiger charge is -2.11. The van der Waals surface area contributed by atoms with Gasteiger partial charge < -0.3 is 10.6 Å². The van der Waals surface area contributed by atoms with E-state index in [1.165, 1.54) is 18.3 Å². The lowest BCUT2D eigenvalue weighted by molar-refractivity contribution is -0.136. The van der Waals surface area contributed by atoms with E-state index >= 15 is 0 Å². The largest absolute Gasteiger partial charge is 0.329 e. The number of anilines is 2. The normalized spacial score (nSPS) is 10.8. The summed E-state index contributed by atoms with van der Waals surface area (Å²) in [5, 5.41) is 14.4. The molecule has 0 aliphatic carbocycles. The first-order chi connectivity index (χ1) is 20.0. The van der Waals surface area contributed by atoms with Crippen molar-refractivity contribution in [3.05, 3.63) is 132 Å². The van der Waals surface area contributed by atoms with E-state index in [-0.39, 0.29) is 11.3 Å². The van der Waals surface area contributed by atoms with Crippen LogP contribution in [0.25, 0.3) is 16.9 Å². The Kier molecular flexibility index (Phi) is 8.27. The van der Waals surface area contributed by atoms with Crippen LogP contribution in [0.5, 0.6) is 0 Å². The first kappa shape index (κ1) is 27.0. The molecule has 5 rings (SSSR count). The lowest BCUT2D eigenvalue weighted by Crippen LogP contribution is -2.33. The molecule has 1 aromatic heterocycles. The van der Waals surface area contributed by atoms with Gasteiger partial charge in [0.25, 0.3) is 5.91 Å². The minimum atomic E-state index is -1.01. The second-order valence-electron chi connectivity index (χ2n) is 8.74. The molecule has 0 atom stereocenters. The predicted octanol–water partition coefficient (Wildman–Crippen LogP) is 5.53. The average molecular weight is 563 g/mol. The summed E-state index contributed by atoms with van der Waals surface area (Å²) in [4.78, 5) is 38.0. The van der Waals surface area contributed by atoms with E-state index in [9.17, 15) is 14.4 Å². The number of amides is 3. The van der Waals surface area contributed by atoms with Crippen molar-refractivity contribution in [3.63, 3.8) is 0 Å². The van der Waals surface area contributed by atoms with Gasteiger partial charge in [-0.1, -0.05) is 72.3 Å². The molecule has 0 fully saturated rings. The van der Waals surface area contributed by atoms with Gasteiger partial charge in [-0.05, 0) is 48.5 Å². The second kappa shape index (κ2) is 12.5. The minimum absolute atomic E-state index is 0.165. The number of benzene rings is 4. The van der Waals surface area contributed by atoms with Gasteiger partial charge in [-0.2, -0.15) is 10.2 Å². The number of para-hydroxylation sites is 2. The fourth-order valence-electron chi connectivity index (χ4n) is 3.93. The highest BCUT2D eigenvalue weighted by Gasteiger charge is 2.18. The summed E-state index contributed by atoms with van der Waals surface area (Å²) < 4.78 is 1.71. The third-order valence-corrected chi connectivity index (χ3v) is 6.16. The third kappa shape index (κ3) is 6.73. The summed E-state index contributed by atoms with van der Waals surface area (Å²) in [7, 11) is 0. The first-order valence-corrected chi connectivity index (χ1v) is 12.9. The van der Waals surface area contributed by atoms with Crippen LogP contribution >= 0.6 is 11.6 Å². The quantitative estimate of drug-likeness (QED) is 0.137. The van der Waals surface area contributed by atoms with Crippen LogP contribution in [0.15, 0.2) is 120 Å². The molecule has 9 nitrogen and oxygen atoms in total.